The van der Waals surface area contributed by atoms with Crippen molar-refractivity contribution in [2.75, 3.05) is 6.54 Å². The van der Waals surface area contributed by atoms with Gasteiger partial charge in [0.15, 0.2) is 0 Å². The largest absolute Gasteiger partial charge is 0.306 e. The first-order valence-electron chi connectivity index (χ1n) is 7.63. The summed E-state index contributed by atoms with van der Waals surface area (Å²) in [6.45, 7) is 7.69. The van der Waals surface area contributed by atoms with E-state index in [4.69, 9.17) is 0 Å². The average Bonchev–Trinajstić information content (AvgIpc) is 2.87. The molecule has 1 aromatic heterocycles. The van der Waals surface area contributed by atoms with Crippen LogP contribution in [0.25, 0.3) is 0 Å². The normalized spacial score (nSPS) is 12.6. The van der Waals surface area contributed by atoms with Gasteiger partial charge in [-0.2, -0.15) is 0 Å². The lowest BCUT2D eigenvalue weighted by Gasteiger charge is -2.18. The molecule has 2 heteroatoms. The number of hydrogen-bond acceptors (Lipinski definition) is 2. The molecule has 1 N–H and O–H groups in total. The van der Waals surface area contributed by atoms with Crippen LogP contribution in [0.3, 0.4) is 0 Å². The molecule has 1 nitrogen and oxygen atoms in total. The predicted octanol–water partition coefficient (Wildman–Crippen LogP) is 5.10. The molecule has 0 amide bonds. The lowest BCUT2D eigenvalue weighted by Crippen LogP contribution is -2.22. The zero-order chi connectivity index (χ0) is 14.4. The number of aryl methyl sites for hydroxylation is 2. The van der Waals surface area contributed by atoms with Crippen molar-refractivity contribution in [1.82, 2.24) is 5.32 Å². The van der Waals surface area contributed by atoms with Gasteiger partial charge in [-0.3, -0.25) is 0 Å². The number of nitrogens with one attached hydrogen (secondary N) is 1. The van der Waals surface area contributed by atoms with Gasteiger partial charge in [0.2, 0.25) is 0 Å². The van der Waals surface area contributed by atoms with Crippen molar-refractivity contribution in [2.45, 2.75) is 46.1 Å². The lowest BCUT2D eigenvalue weighted by atomic mass is 10.0. The fraction of sp³-hybridized carbons (Fsp3) is 0.444. The van der Waals surface area contributed by atoms with Crippen LogP contribution in [0.1, 0.15) is 53.6 Å². The molecule has 0 radical (unpaired) electrons. The number of benzene rings is 1. The summed E-state index contributed by atoms with van der Waals surface area (Å²) in [5.41, 5.74) is 2.84. The van der Waals surface area contributed by atoms with E-state index in [1.165, 1.54) is 27.3 Å². The molecule has 108 valence electrons. The molecule has 0 spiro atoms. The number of thiophene rings is 1. The van der Waals surface area contributed by atoms with Crippen LogP contribution in [0.5, 0.6) is 0 Å². The van der Waals surface area contributed by atoms with Crippen molar-refractivity contribution in [3.8, 4) is 0 Å². The van der Waals surface area contributed by atoms with Gasteiger partial charge in [0.05, 0.1) is 6.04 Å². The van der Waals surface area contributed by atoms with Crippen molar-refractivity contribution in [2.24, 2.45) is 0 Å². The molecule has 0 aliphatic heterocycles. The van der Waals surface area contributed by atoms with Crippen molar-refractivity contribution in [3.05, 3.63) is 57.3 Å². The van der Waals surface area contributed by atoms with E-state index in [9.17, 15) is 0 Å². The third kappa shape index (κ3) is 3.94. The van der Waals surface area contributed by atoms with Crippen LogP contribution < -0.4 is 5.32 Å². The second-order valence-corrected chi connectivity index (χ2v) is 6.65. The summed E-state index contributed by atoms with van der Waals surface area (Å²) in [4.78, 5) is 2.80. The summed E-state index contributed by atoms with van der Waals surface area (Å²) in [6.07, 6.45) is 3.53. The molecule has 0 fully saturated rings. The van der Waals surface area contributed by atoms with Crippen LogP contribution in [0.2, 0.25) is 0 Å². The summed E-state index contributed by atoms with van der Waals surface area (Å²) in [5.74, 6) is 0. The van der Waals surface area contributed by atoms with Gasteiger partial charge < -0.3 is 5.32 Å². The molecule has 0 saturated heterocycles. The minimum Gasteiger partial charge on any atom is -0.306 e. The molecule has 1 heterocycles. The highest BCUT2D eigenvalue weighted by Gasteiger charge is 2.15. The first-order valence-corrected chi connectivity index (χ1v) is 8.44. The third-order valence-electron chi connectivity index (χ3n) is 3.47. The van der Waals surface area contributed by atoms with E-state index in [0.29, 0.717) is 6.04 Å². The molecule has 2 aromatic rings. The van der Waals surface area contributed by atoms with E-state index in [2.05, 4.69) is 62.5 Å². The number of rotatable bonds is 7. The minimum atomic E-state index is 0.338. The molecule has 2 rings (SSSR count). The van der Waals surface area contributed by atoms with Gasteiger partial charge in [0, 0.05) is 9.75 Å². The highest BCUT2D eigenvalue weighted by molar-refractivity contribution is 7.12. The Hall–Kier alpha value is -1.12. The van der Waals surface area contributed by atoms with E-state index >= 15 is 0 Å². The van der Waals surface area contributed by atoms with Crippen molar-refractivity contribution in [1.29, 1.82) is 0 Å². The van der Waals surface area contributed by atoms with Crippen LogP contribution in [0.4, 0.5) is 0 Å². The molecule has 20 heavy (non-hydrogen) atoms. The molecule has 0 aliphatic rings. The summed E-state index contributed by atoms with van der Waals surface area (Å²) < 4.78 is 0. The smallest absolute Gasteiger partial charge is 0.0671 e. The van der Waals surface area contributed by atoms with Crippen LogP contribution in [0, 0.1) is 6.92 Å². The Kier molecular flexibility index (Phi) is 5.81. The van der Waals surface area contributed by atoms with E-state index in [-0.39, 0.29) is 0 Å². The van der Waals surface area contributed by atoms with E-state index < -0.39 is 0 Å². The Balaban J connectivity index is 2.28. The topological polar surface area (TPSA) is 12.0 Å². The lowest BCUT2D eigenvalue weighted by molar-refractivity contribution is 0.605. The highest BCUT2D eigenvalue weighted by atomic mass is 32.1. The first kappa shape index (κ1) is 15.3. The summed E-state index contributed by atoms with van der Waals surface area (Å²) in [7, 11) is 0. The molecule has 1 atom stereocenters. The van der Waals surface area contributed by atoms with E-state index in [1.807, 2.05) is 11.3 Å². The monoisotopic (exact) mass is 287 g/mol. The second-order valence-electron chi connectivity index (χ2n) is 5.33. The van der Waals surface area contributed by atoms with Gasteiger partial charge in [0.25, 0.3) is 0 Å². The summed E-state index contributed by atoms with van der Waals surface area (Å²) in [5, 5.41) is 3.70. The Morgan fingerprint density at radius 1 is 1.10 bits per heavy atom. The number of hydrogen-bond donors (Lipinski definition) is 1. The molecular weight excluding hydrogens is 262 g/mol. The van der Waals surface area contributed by atoms with Gasteiger partial charge >= 0.3 is 0 Å². The minimum absolute atomic E-state index is 0.338. The Labute approximate surface area is 127 Å². The molecule has 1 aromatic carbocycles. The molecule has 0 bridgehead atoms. The molecule has 1 unspecified atom stereocenters. The molecule has 0 saturated carbocycles. The predicted molar refractivity (Wildman–Crippen MR) is 89.6 cm³/mol. The van der Waals surface area contributed by atoms with Crippen LogP contribution in [-0.2, 0) is 6.42 Å². The fourth-order valence-electron chi connectivity index (χ4n) is 2.50. The van der Waals surface area contributed by atoms with Gasteiger partial charge in [-0.1, -0.05) is 44.5 Å². The second kappa shape index (κ2) is 7.61. The van der Waals surface area contributed by atoms with E-state index in [0.717, 1.165) is 19.4 Å². The standard InChI is InChI=1S/C18H25NS/c1-4-7-15-8-6-9-16(13-15)18(19-12-5-2)17-11-10-14(3)20-17/h6,8-11,13,18-19H,4-5,7,12H2,1-3H3. The van der Waals surface area contributed by atoms with Gasteiger partial charge in [0.1, 0.15) is 0 Å². The quantitative estimate of drug-likeness (QED) is 0.747. The maximum atomic E-state index is 3.70. The van der Waals surface area contributed by atoms with Crippen molar-refractivity contribution in [3.63, 3.8) is 0 Å². The molecule has 0 aliphatic carbocycles. The Bertz CT molecular complexity index is 530. The average molecular weight is 287 g/mol. The van der Waals surface area contributed by atoms with Crippen LogP contribution in [-0.4, -0.2) is 6.54 Å². The zero-order valence-corrected chi connectivity index (χ0v) is 13.6. The van der Waals surface area contributed by atoms with Gasteiger partial charge in [-0.15, -0.1) is 11.3 Å². The fourth-order valence-corrected chi connectivity index (χ4v) is 3.48. The highest BCUT2D eigenvalue weighted by Crippen LogP contribution is 2.29. The van der Waals surface area contributed by atoms with Gasteiger partial charge in [-0.05, 0) is 49.6 Å². The first-order chi connectivity index (χ1) is 9.74. The maximum Gasteiger partial charge on any atom is 0.0671 e. The Morgan fingerprint density at radius 3 is 2.60 bits per heavy atom. The van der Waals surface area contributed by atoms with Crippen molar-refractivity contribution < 1.29 is 0 Å². The Morgan fingerprint density at radius 2 is 1.95 bits per heavy atom. The molecular formula is C18H25NS. The zero-order valence-electron chi connectivity index (χ0n) is 12.8. The van der Waals surface area contributed by atoms with Crippen LogP contribution in [0.15, 0.2) is 36.4 Å². The van der Waals surface area contributed by atoms with E-state index in [1.54, 1.807) is 0 Å². The van der Waals surface area contributed by atoms with Crippen LogP contribution >= 0.6 is 11.3 Å². The van der Waals surface area contributed by atoms with Gasteiger partial charge in [-0.25, -0.2) is 0 Å². The maximum absolute atomic E-state index is 3.70. The SMILES string of the molecule is CCCNC(c1cccc(CCC)c1)c1ccc(C)s1. The summed E-state index contributed by atoms with van der Waals surface area (Å²) >= 11 is 1.90. The van der Waals surface area contributed by atoms with Crippen molar-refractivity contribution >= 4 is 11.3 Å². The summed E-state index contributed by atoms with van der Waals surface area (Å²) in [6, 6.07) is 13.9. The third-order valence-corrected chi connectivity index (χ3v) is 4.53.